The summed E-state index contributed by atoms with van der Waals surface area (Å²) in [5.41, 5.74) is 0. The summed E-state index contributed by atoms with van der Waals surface area (Å²) in [7, 11) is 0. The molecule has 1 aliphatic carbocycles. The third-order valence-electron chi connectivity index (χ3n) is 2.26. The van der Waals surface area contributed by atoms with E-state index in [1.165, 1.54) is 19.3 Å². The summed E-state index contributed by atoms with van der Waals surface area (Å²) >= 11 is 0. The average Bonchev–Trinajstić information content (AvgIpc) is 2.48. The van der Waals surface area contributed by atoms with Gasteiger partial charge in [-0.05, 0) is 24.7 Å². The van der Waals surface area contributed by atoms with Gasteiger partial charge in [0.2, 0.25) is 0 Å². The van der Waals surface area contributed by atoms with Gasteiger partial charge in [-0.15, -0.1) is 0 Å². The van der Waals surface area contributed by atoms with Gasteiger partial charge in [0.1, 0.15) is 0 Å². The monoisotopic (exact) mass is 128 g/mol. The maximum atomic E-state index is 8.47. The second-order valence-electron chi connectivity index (χ2n) is 3.19. The molecule has 1 aliphatic rings. The Hall–Kier alpha value is -0.0400. The quantitative estimate of drug-likeness (QED) is 0.572. The Morgan fingerprint density at radius 1 is 1.44 bits per heavy atom. The molecule has 0 spiro atoms. The van der Waals surface area contributed by atoms with Crippen LogP contribution in [0, 0.1) is 11.8 Å². The molecule has 0 heterocycles. The van der Waals surface area contributed by atoms with Crippen molar-refractivity contribution in [3.63, 3.8) is 0 Å². The van der Waals surface area contributed by atoms with Gasteiger partial charge >= 0.3 is 0 Å². The molecule has 0 radical (unpaired) electrons. The molecule has 0 amide bonds. The zero-order chi connectivity index (χ0) is 6.69. The van der Waals surface area contributed by atoms with Crippen LogP contribution in [0.5, 0.6) is 0 Å². The number of unbranched alkanes of at least 4 members (excludes halogenated alkanes) is 1. The van der Waals surface area contributed by atoms with Crippen molar-refractivity contribution in [2.45, 2.75) is 32.6 Å². The lowest BCUT2D eigenvalue weighted by Crippen LogP contribution is -1.84. The molecule has 0 aromatic carbocycles. The van der Waals surface area contributed by atoms with Crippen LogP contribution in [-0.4, -0.2) is 11.7 Å². The molecule has 2 atom stereocenters. The summed E-state index contributed by atoms with van der Waals surface area (Å²) in [6, 6.07) is 0. The van der Waals surface area contributed by atoms with Crippen LogP contribution >= 0.6 is 0 Å². The van der Waals surface area contributed by atoms with E-state index in [0.29, 0.717) is 6.61 Å². The van der Waals surface area contributed by atoms with Gasteiger partial charge in [0, 0.05) is 6.61 Å². The second-order valence-corrected chi connectivity index (χ2v) is 3.19. The highest BCUT2D eigenvalue weighted by Gasteiger charge is 2.31. The van der Waals surface area contributed by atoms with Gasteiger partial charge in [-0.3, -0.25) is 0 Å². The van der Waals surface area contributed by atoms with Gasteiger partial charge in [-0.1, -0.05) is 19.8 Å². The lowest BCUT2D eigenvalue weighted by molar-refractivity contribution is 0.281. The fraction of sp³-hybridized carbons (Fsp3) is 1.00. The van der Waals surface area contributed by atoms with E-state index in [-0.39, 0.29) is 0 Å². The Morgan fingerprint density at radius 2 is 2.11 bits per heavy atom. The van der Waals surface area contributed by atoms with Gasteiger partial charge in [0.05, 0.1) is 0 Å². The molecule has 54 valence electrons. The third kappa shape index (κ3) is 2.35. The number of hydrogen-bond acceptors (Lipinski definition) is 1. The Bertz CT molecular complexity index is 80.6. The van der Waals surface area contributed by atoms with Crippen LogP contribution in [0.2, 0.25) is 0 Å². The summed E-state index contributed by atoms with van der Waals surface area (Å²) < 4.78 is 0. The van der Waals surface area contributed by atoms with Crippen LogP contribution in [0.15, 0.2) is 0 Å². The van der Waals surface area contributed by atoms with Gasteiger partial charge in [-0.25, -0.2) is 0 Å². The van der Waals surface area contributed by atoms with E-state index in [0.717, 1.165) is 18.3 Å². The molecule has 1 rings (SSSR count). The molecule has 0 bridgehead atoms. The van der Waals surface area contributed by atoms with E-state index >= 15 is 0 Å². The van der Waals surface area contributed by atoms with E-state index in [1.807, 2.05) is 0 Å². The van der Waals surface area contributed by atoms with Crippen LogP contribution < -0.4 is 0 Å². The molecule has 1 fully saturated rings. The normalized spacial score (nSPS) is 32.7. The molecule has 9 heavy (non-hydrogen) atoms. The highest BCUT2D eigenvalue weighted by Crippen LogP contribution is 2.41. The Morgan fingerprint density at radius 3 is 2.56 bits per heavy atom. The summed E-state index contributed by atoms with van der Waals surface area (Å²) in [6.45, 7) is 2.69. The van der Waals surface area contributed by atoms with Crippen molar-refractivity contribution < 1.29 is 5.11 Å². The fourth-order valence-electron chi connectivity index (χ4n) is 1.32. The summed E-state index contributed by atoms with van der Waals surface area (Å²) in [5, 5.41) is 8.47. The average molecular weight is 128 g/mol. The van der Waals surface area contributed by atoms with E-state index in [4.69, 9.17) is 5.11 Å². The minimum atomic E-state index is 0.376. The van der Waals surface area contributed by atoms with Crippen molar-refractivity contribution in [1.29, 1.82) is 0 Å². The smallest absolute Gasteiger partial charge is 0.0431 e. The SMILES string of the molecule is C[C@H]1CC1CCCCO. The summed E-state index contributed by atoms with van der Waals surface area (Å²) in [4.78, 5) is 0. The lowest BCUT2D eigenvalue weighted by atomic mass is 10.1. The van der Waals surface area contributed by atoms with Crippen molar-refractivity contribution in [3.8, 4) is 0 Å². The van der Waals surface area contributed by atoms with Crippen LogP contribution in [0.4, 0.5) is 0 Å². The predicted octanol–water partition coefficient (Wildman–Crippen LogP) is 1.81. The molecule has 1 heteroatoms. The van der Waals surface area contributed by atoms with E-state index in [9.17, 15) is 0 Å². The van der Waals surface area contributed by atoms with E-state index in [2.05, 4.69) is 6.92 Å². The van der Waals surface area contributed by atoms with Crippen LogP contribution in [0.1, 0.15) is 32.6 Å². The Balaban J connectivity index is 1.83. The molecule has 1 saturated carbocycles. The predicted molar refractivity (Wildman–Crippen MR) is 38.2 cm³/mol. The molecule has 1 N–H and O–H groups in total. The maximum Gasteiger partial charge on any atom is 0.0431 e. The van der Waals surface area contributed by atoms with Gasteiger partial charge in [0.25, 0.3) is 0 Å². The maximum absolute atomic E-state index is 8.47. The molecular weight excluding hydrogens is 112 g/mol. The molecule has 0 aromatic rings. The highest BCUT2D eigenvalue weighted by molar-refractivity contribution is 4.81. The van der Waals surface area contributed by atoms with Crippen LogP contribution in [-0.2, 0) is 0 Å². The summed E-state index contributed by atoms with van der Waals surface area (Å²) in [6.07, 6.45) is 5.02. The molecule has 1 unspecified atom stereocenters. The third-order valence-corrected chi connectivity index (χ3v) is 2.26. The van der Waals surface area contributed by atoms with E-state index < -0.39 is 0 Å². The second kappa shape index (κ2) is 3.21. The van der Waals surface area contributed by atoms with E-state index in [1.54, 1.807) is 0 Å². The number of aliphatic hydroxyl groups is 1. The molecule has 1 nitrogen and oxygen atoms in total. The standard InChI is InChI=1S/C8H16O/c1-7-6-8(7)4-2-3-5-9/h7-9H,2-6H2,1H3/t7-,8?/m0/s1. The molecule has 0 saturated heterocycles. The highest BCUT2D eigenvalue weighted by atomic mass is 16.2. The molecule has 0 aromatic heterocycles. The first-order valence-corrected chi connectivity index (χ1v) is 3.95. The molecule has 0 aliphatic heterocycles. The van der Waals surface area contributed by atoms with Crippen molar-refractivity contribution in [2.24, 2.45) is 11.8 Å². The minimum absolute atomic E-state index is 0.376. The van der Waals surface area contributed by atoms with Gasteiger partial charge < -0.3 is 5.11 Å². The number of aliphatic hydroxyl groups excluding tert-OH is 1. The molecular formula is C8H16O. The zero-order valence-electron chi connectivity index (χ0n) is 6.14. The van der Waals surface area contributed by atoms with Crippen molar-refractivity contribution in [3.05, 3.63) is 0 Å². The summed E-state index contributed by atoms with van der Waals surface area (Å²) in [5.74, 6) is 2.00. The van der Waals surface area contributed by atoms with Crippen molar-refractivity contribution >= 4 is 0 Å². The zero-order valence-corrected chi connectivity index (χ0v) is 6.14. The largest absolute Gasteiger partial charge is 0.396 e. The van der Waals surface area contributed by atoms with Crippen molar-refractivity contribution in [2.75, 3.05) is 6.61 Å². The van der Waals surface area contributed by atoms with Crippen molar-refractivity contribution in [1.82, 2.24) is 0 Å². The first-order valence-electron chi connectivity index (χ1n) is 3.95. The Kier molecular flexibility index (Phi) is 2.52. The fourth-order valence-corrected chi connectivity index (χ4v) is 1.32. The van der Waals surface area contributed by atoms with Crippen LogP contribution in [0.3, 0.4) is 0 Å². The minimum Gasteiger partial charge on any atom is -0.396 e. The van der Waals surface area contributed by atoms with Gasteiger partial charge in [-0.2, -0.15) is 0 Å². The van der Waals surface area contributed by atoms with Gasteiger partial charge in [0.15, 0.2) is 0 Å². The van der Waals surface area contributed by atoms with Crippen LogP contribution in [0.25, 0.3) is 0 Å². The first kappa shape index (κ1) is 7.07. The lowest BCUT2D eigenvalue weighted by Gasteiger charge is -1.94. The number of hydrogen-bond donors (Lipinski definition) is 1. The number of rotatable bonds is 4. The Labute approximate surface area is 57.1 Å². The topological polar surface area (TPSA) is 20.2 Å². The first-order chi connectivity index (χ1) is 4.34.